The highest BCUT2D eigenvalue weighted by Crippen LogP contribution is 2.06. The Hall–Kier alpha value is -2.57. The van der Waals surface area contributed by atoms with E-state index in [1.807, 2.05) is 0 Å². The van der Waals surface area contributed by atoms with E-state index in [9.17, 15) is 9.59 Å². The van der Waals surface area contributed by atoms with Crippen molar-refractivity contribution in [2.24, 2.45) is 10.8 Å². The van der Waals surface area contributed by atoms with Crippen molar-refractivity contribution in [3.05, 3.63) is 35.4 Å². The molecule has 0 bridgehead atoms. The molecule has 7 nitrogen and oxygen atoms in total. The Morgan fingerprint density at radius 3 is 2.42 bits per heavy atom. The number of hydrazone groups is 1. The van der Waals surface area contributed by atoms with Gasteiger partial charge < -0.3 is 15.6 Å². The molecule has 7 heteroatoms. The van der Waals surface area contributed by atoms with Gasteiger partial charge in [-0.05, 0) is 17.7 Å². The average Bonchev–Trinajstić information content (AvgIpc) is 2.38. The summed E-state index contributed by atoms with van der Waals surface area (Å²) in [6, 6.07) is 6.62. The molecule has 0 heterocycles. The Balaban J connectivity index is 2.73. The summed E-state index contributed by atoms with van der Waals surface area (Å²) in [6.45, 7) is 0. The van der Waals surface area contributed by atoms with E-state index in [1.165, 1.54) is 14.2 Å². The molecule has 0 saturated heterocycles. The minimum atomic E-state index is -1.19. The van der Waals surface area contributed by atoms with Gasteiger partial charge in [0, 0.05) is 13.5 Å². The first-order valence-electron chi connectivity index (χ1n) is 5.41. The lowest BCUT2D eigenvalue weighted by atomic mass is 10.1. The molecule has 0 unspecified atom stereocenters. The van der Waals surface area contributed by atoms with Gasteiger partial charge in [0.1, 0.15) is 5.84 Å². The van der Waals surface area contributed by atoms with Gasteiger partial charge in [-0.2, -0.15) is 5.10 Å². The van der Waals surface area contributed by atoms with Crippen molar-refractivity contribution in [3.8, 4) is 0 Å². The molecule has 102 valence electrons. The van der Waals surface area contributed by atoms with Gasteiger partial charge in [-0.3, -0.25) is 0 Å². The zero-order chi connectivity index (χ0) is 14.4. The summed E-state index contributed by atoms with van der Waals surface area (Å²) < 4.78 is 4.58. The smallest absolute Gasteiger partial charge is 0.427 e. The Labute approximate surface area is 110 Å². The number of hydrogen-bond acceptors (Lipinski definition) is 4. The van der Waals surface area contributed by atoms with Gasteiger partial charge in [0.25, 0.3) is 0 Å². The van der Waals surface area contributed by atoms with Crippen molar-refractivity contribution in [2.75, 3.05) is 14.2 Å². The zero-order valence-electron chi connectivity index (χ0n) is 10.7. The van der Waals surface area contributed by atoms with Crippen molar-refractivity contribution in [3.63, 3.8) is 0 Å². The molecule has 1 amide bonds. The van der Waals surface area contributed by atoms with Crippen LogP contribution in [0.15, 0.2) is 29.4 Å². The first kappa shape index (κ1) is 14.5. The molecule has 0 aliphatic rings. The molecule has 19 heavy (non-hydrogen) atoms. The third-order valence-corrected chi connectivity index (χ3v) is 2.32. The van der Waals surface area contributed by atoms with E-state index in [0.717, 1.165) is 10.6 Å². The molecule has 0 aliphatic carbocycles. The fraction of sp³-hybridized carbons (Fsp3) is 0.250. The third-order valence-electron chi connectivity index (χ3n) is 2.32. The molecular weight excluding hydrogens is 250 g/mol. The number of esters is 1. The quantitative estimate of drug-likeness (QED) is 0.364. The summed E-state index contributed by atoms with van der Waals surface area (Å²) in [7, 11) is 2.60. The van der Waals surface area contributed by atoms with Crippen LogP contribution in [0.4, 0.5) is 4.79 Å². The van der Waals surface area contributed by atoms with Gasteiger partial charge in [0.05, 0.1) is 12.7 Å². The molecule has 0 atom stereocenters. The number of benzene rings is 1. The van der Waals surface area contributed by atoms with Crippen LogP contribution >= 0.6 is 0 Å². The zero-order valence-corrected chi connectivity index (χ0v) is 10.7. The molecule has 0 spiro atoms. The third kappa shape index (κ3) is 4.30. The van der Waals surface area contributed by atoms with Gasteiger partial charge in [-0.25, -0.2) is 14.6 Å². The Morgan fingerprint density at radius 2 is 1.95 bits per heavy atom. The number of carboxylic acid groups (broad SMARTS) is 1. The molecule has 0 saturated carbocycles. The van der Waals surface area contributed by atoms with Crippen molar-refractivity contribution < 1.29 is 19.4 Å². The number of carbonyl (C=O) groups excluding carboxylic acids is 1. The average molecular weight is 265 g/mol. The van der Waals surface area contributed by atoms with E-state index in [0.29, 0.717) is 12.0 Å². The van der Waals surface area contributed by atoms with Crippen molar-refractivity contribution in [1.82, 2.24) is 5.01 Å². The first-order valence-corrected chi connectivity index (χ1v) is 5.41. The van der Waals surface area contributed by atoms with Crippen LogP contribution in [0.25, 0.3) is 0 Å². The maximum Gasteiger partial charge on any atom is 0.427 e. The standard InChI is InChI=1S/C12H15N3O4/c1-15(12(17)18)14-10(13)7-8-3-5-9(6-4-8)11(16)19-2/h3-6H,7H2,1-2H3,(H2,13,14)(H,17,18). The maximum atomic E-state index is 11.2. The first-order chi connectivity index (χ1) is 8.93. The second kappa shape index (κ2) is 6.39. The van der Waals surface area contributed by atoms with Crippen LogP contribution in [0.5, 0.6) is 0 Å². The monoisotopic (exact) mass is 265 g/mol. The number of nitrogens with two attached hydrogens (primary N) is 1. The van der Waals surface area contributed by atoms with Crippen LogP contribution in [0, 0.1) is 0 Å². The van der Waals surface area contributed by atoms with E-state index >= 15 is 0 Å². The summed E-state index contributed by atoms with van der Waals surface area (Å²) in [5.74, 6) is -0.255. The van der Waals surface area contributed by atoms with Crippen LogP contribution < -0.4 is 5.73 Å². The summed E-state index contributed by atoms with van der Waals surface area (Å²) in [5.41, 5.74) is 6.87. The molecule has 1 rings (SSSR count). The number of nitrogens with zero attached hydrogens (tertiary/aromatic N) is 2. The molecule has 3 N–H and O–H groups in total. The number of ether oxygens (including phenoxy) is 1. The van der Waals surface area contributed by atoms with E-state index < -0.39 is 12.1 Å². The maximum absolute atomic E-state index is 11.2. The Morgan fingerprint density at radius 1 is 1.37 bits per heavy atom. The lowest BCUT2D eigenvalue weighted by Crippen LogP contribution is -2.25. The fourth-order valence-corrected chi connectivity index (χ4v) is 1.36. The molecule has 0 radical (unpaired) electrons. The summed E-state index contributed by atoms with van der Waals surface area (Å²) in [5, 5.41) is 13.0. The predicted molar refractivity (Wildman–Crippen MR) is 68.9 cm³/mol. The molecule has 1 aromatic carbocycles. The van der Waals surface area contributed by atoms with Crippen molar-refractivity contribution in [2.45, 2.75) is 6.42 Å². The van der Waals surface area contributed by atoms with Crippen molar-refractivity contribution >= 4 is 17.9 Å². The van der Waals surface area contributed by atoms with Gasteiger partial charge in [0.2, 0.25) is 0 Å². The Bertz CT molecular complexity index is 496. The fourth-order valence-electron chi connectivity index (χ4n) is 1.36. The van der Waals surface area contributed by atoms with Crippen LogP contribution in [-0.2, 0) is 11.2 Å². The van der Waals surface area contributed by atoms with Gasteiger partial charge in [-0.1, -0.05) is 12.1 Å². The normalized spacial score (nSPS) is 10.9. The number of hydrogen-bond donors (Lipinski definition) is 2. The second-order valence-corrected chi connectivity index (χ2v) is 3.76. The minimum Gasteiger partial charge on any atom is -0.465 e. The minimum absolute atomic E-state index is 0.163. The topological polar surface area (TPSA) is 105 Å². The van der Waals surface area contributed by atoms with Crippen LogP contribution in [0.3, 0.4) is 0 Å². The molecular formula is C12H15N3O4. The van der Waals surface area contributed by atoms with E-state index in [-0.39, 0.29) is 5.84 Å². The van der Waals surface area contributed by atoms with E-state index in [1.54, 1.807) is 24.3 Å². The SMILES string of the molecule is COC(=O)c1ccc(CC(N)=NN(C)C(=O)O)cc1. The highest BCUT2D eigenvalue weighted by atomic mass is 16.5. The van der Waals surface area contributed by atoms with E-state index in [4.69, 9.17) is 10.8 Å². The number of amidine groups is 1. The van der Waals surface area contributed by atoms with Crippen LogP contribution in [0.2, 0.25) is 0 Å². The highest BCUT2D eigenvalue weighted by Gasteiger charge is 2.07. The highest BCUT2D eigenvalue weighted by molar-refractivity contribution is 5.89. The van der Waals surface area contributed by atoms with Gasteiger partial charge in [-0.15, -0.1) is 0 Å². The predicted octanol–water partition coefficient (Wildman–Crippen LogP) is 0.898. The number of carbonyl (C=O) groups is 2. The number of rotatable bonds is 4. The molecule has 0 fully saturated rings. The second-order valence-electron chi connectivity index (χ2n) is 3.76. The Kier molecular flexibility index (Phi) is 4.87. The number of amides is 1. The molecule has 1 aromatic rings. The molecule has 0 aromatic heterocycles. The van der Waals surface area contributed by atoms with Crippen LogP contribution in [-0.4, -0.2) is 42.2 Å². The van der Waals surface area contributed by atoms with Gasteiger partial charge >= 0.3 is 12.1 Å². The molecule has 0 aliphatic heterocycles. The van der Waals surface area contributed by atoms with Crippen molar-refractivity contribution in [1.29, 1.82) is 0 Å². The summed E-state index contributed by atoms with van der Waals surface area (Å²) in [6.07, 6.45) is -0.900. The lowest BCUT2D eigenvalue weighted by Gasteiger charge is -2.08. The van der Waals surface area contributed by atoms with Gasteiger partial charge in [0.15, 0.2) is 0 Å². The summed E-state index contributed by atoms with van der Waals surface area (Å²) in [4.78, 5) is 21.8. The number of methoxy groups -OCH3 is 1. The largest absolute Gasteiger partial charge is 0.465 e. The lowest BCUT2D eigenvalue weighted by molar-refractivity contribution is 0.0600. The van der Waals surface area contributed by atoms with E-state index in [2.05, 4.69) is 9.84 Å². The van der Waals surface area contributed by atoms with Crippen LogP contribution in [0.1, 0.15) is 15.9 Å². The summed E-state index contributed by atoms with van der Waals surface area (Å²) >= 11 is 0.